The van der Waals surface area contributed by atoms with Gasteiger partial charge < -0.3 is 19.2 Å². The molecule has 0 bridgehead atoms. The van der Waals surface area contributed by atoms with Crippen LogP contribution in [0.1, 0.15) is 17.4 Å². The molecule has 0 aliphatic carbocycles. The van der Waals surface area contributed by atoms with E-state index in [9.17, 15) is 14.0 Å². The Balaban J connectivity index is 1.95. The molecular formula is C14H13FN2O5. The molecule has 1 aromatic carbocycles. The van der Waals surface area contributed by atoms with Crippen LogP contribution in [0, 0.1) is 5.82 Å². The molecule has 0 radical (unpaired) electrons. The van der Waals surface area contributed by atoms with Crippen molar-refractivity contribution in [3.05, 3.63) is 56.1 Å². The van der Waals surface area contributed by atoms with Gasteiger partial charge in [0, 0.05) is 5.56 Å². The van der Waals surface area contributed by atoms with E-state index in [1.165, 1.54) is 7.11 Å². The molecule has 2 N–H and O–H groups in total. The summed E-state index contributed by atoms with van der Waals surface area (Å²) in [6.45, 7) is 0.0646. The molecule has 0 fully saturated rings. The van der Waals surface area contributed by atoms with Crippen molar-refractivity contribution < 1.29 is 18.6 Å². The second kappa shape index (κ2) is 5.64. The van der Waals surface area contributed by atoms with E-state index in [1.807, 2.05) is 4.98 Å². The van der Waals surface area contributed by atoms with Crippen molar-refractivity contribution in [2.45, 2.75) is 12.7 Å². The average Bonchev–Trinajstić information content (AvgIpc) is 2.73. The van der Waals surface area contributed by atoms with Crippen LogP contribution in [0.4, 0.5) is 4.39 Å². The van der Waals surface area contributed by atoms with Crippen molar-refractivity contribution in [1.29, 1.82) is 0 Å². The highest BCUT2D eigenvalue weighted by Gasteiger charge is 2.26. The van der Waals surface area contributed by atoms with Crippen LogP contribution >= 0.6 is 0 Å². The first kappa shape index (κ1) is 14.3. The van der Waals surface area contributed by atoms with Gasteiger partial charge in [0.1, 0.15) is 12.7 Å². The van der Waals surface area contributed by atoms with E-state index >= 15 is 0 Å². The lowest BCUT2D eigenvalue weighted by Crippen LogP contribution is -2.30. The van der Waals surface area contributed by atoms with Gasteiger partial charge in [0.15, 0.2) is 11.5 Å². The standard InChI is InChI=1S/C14H13FN2O5/c1-20-8-4-2-3-7-5-21-9(6-22-12(7)8)11-10(15)13(18)17-14(19)16-11/h2-4,9H,5-6H2,1H3,(H2,16,17,18,19). The monoisotopic (exact) mass is 308 g/mol. The number of methoxy groups -OCH3 is 1. The Hall–Kier alpha value is -2.61. The second-order valence-electron chi connectivity index (χ2n) is 4.70. The van der Waals surface area contributed by atoms with Crippen molar-refractivity contribution in [1.82, 2.24) is 9.97 Å². The third-order valence-electron chi connectivity index (χ3n) is 3.33. The summed E-state index contributed by atoms with van der Waals surface area (Å²) in [5.41, 5.74) is -1.40. The van der Waals surface area contributed by atoms with E-state index < -0.39 is 23.2 Å². The van der Waals surface area contributed by atoms with Gasteiger partial charge >= 0.3 is 5.69 Å². The zero-order valence-corrected chi connectivity index (χ0v) is 11.6. The molecule has 1 aliphatic rings. The number of hydrogen-bond donors (Lipinski definition) is 2. The summed E-state index contributed by atoms with van der Waals surface area (Å²) in [6, 6.07) is 5.30. The number of aromatic nitrogens is 2. The van der Waals surface area contributed by atoms with Crippen LogP contribution in [-0.2, 0) is 11.3 Å². The number of para-hydroxylation sites is 1. The molecule has 1 atom stereocenters. The maximum atomic E-state index is 13.9. The molecule has 0 amide bonds. The number of fused-ring (bicyclic) bond motifs is 1. The van der Waals surface area contributed by atoms with Crippen molar-refractivity contribution in [2.24, 2.45) is 0 Å². The van der Waals surface area contributed by atoms with Gasteiger partial charge in [-0.15, -0.1) is 0 Å². The van der Waals surface area contributed by atoms with Gasteiger partial charge in [0.2, 0.25) is 5.82 Å². The number of ether oxygens (including phenoxy) is 3. The van der Waals surface area contributed by atoms with Crippen molar-refractivity contribution in [2.75, 3.05) is 13.7 Å². The van der Waals surface area contributed by atoms with Crippen molar-refractivity contribution in [3.63, 3.8) is 0 Å². The highest BCUT2D eigenvalue weighted by Crippen LogP contribution is 2.35. The Morgan fingerprint density at radius 2 is 2.14 bits per heavy atom. The molecule has 1 unspecified atom stereocenters. The highest BCUT2D eigenvalue weighted by atomic mass is 19.1. The number of halogens is 1. The molecule has 0 saturated carbocycles. The Morgan fingerprint density at radius 3 is 2.91 bits per heavy atom. The number of nitrogens with one attached hydrogen (secondary N) is 2. The minimum atomic E-state index is -1.10. The first-order valence-electron chi connectivity index (χ1n) is 6.52. The average molecular weight is 308 g/mol. The van der Waals surface area contributed by atoms with Gasteiger partial charge in [-0.2, -0.15) is 4.39 Å². The number of rotatable bonds is 2. The molecule has 0 saturated heterocycles. The van der Waals surface area contributed by atoms with E-state index in [-0.39, 0.29) is 18.9 Å². The molecule has 2 aromatic rings. The zero-order chi connectivity index (χ0) is 15.7. The fraction of sp³-hybridized carbons (Fsp3) is 0.286. The minimum Gasteiger partial charge on any atom is -0.493 e. The highest BCUT2D eigenvalue weighted by molar-refractivity contribution is 5.46. The minimum absolute atomic E-state index is 0.0658. The second-order valence-corrected chi connectivity index (χ2v) is 4.70. The Labute approximate surface area is 123 Å². The Bertz CT molecular complexity index is 814. The van der Waals surface area contributed by atoms with Crippen LogP contribution in [0.15, 0.2) is 27.8 Å². The third-order valence-corrected chi connectivity index (χ3v) is 3.33. The fourth-order valence-corrected chi connectivity index (χ4v) is 2.27. The molecule has 1 aromatic heterocycles. The Morgan fingerprint density at radius 1 is 1.32 bits per heavy atom. The van der Waals surface area contributed by atoms with Gasteiger partial charge in [-0.3, -0.25) is 9.78 Å². The normalized spacial score (nSPS) is 17.3. The maximum Gasteiger partial charge on any atom is 0.326 e. The summed E-state index contributed by atoms with van der Waals surface area (Å²) in [5.74, 6) is -0.0622. The molecular weight excluding hydrogens is 295 g/mol. The predicted molar refractivity (Wildman–Crippen MR) is 73.7 cm³/mol. The first-order valence-corrected chi connectivity index (χ1v) is 6.52. The van der Waals surface area contributed by atoms with E-state index in [0.717, 1.165) is 5.56 Å². The number of aromatic amines is 2. The molecule has 116 valence electrons. The number of H-pyrrole nitrogens is 2. The summed E-state index contributed by atoms with van der Waals surface area (Å²) in [6.07, 6.45) is -0.910. The lowest BCUT2D eigenvalue weighted by molar-refractivity contribution is 0.0164. The van der Waals surface area contributed by atoms with Gasteiger partial charge in [0.25, 0.3) is 5.56 Å². The molecule has 0 spiro atoms. The van der Waals surface area contributed by atoms with E-state index in [0.29, 0.717) is 11.5 Å². The molecule has 2 heterocycles. The third kappa shape index (κ3) is 2.48. The summed E-state index contributed by atoms with van der Waals surface area (Å²) < 4.78 is 30.3. The zero-order valence-electron chi connectivity index (χ0n) is 11.6. The lowest BCUT2D eigenvalue weighted by Gasteiger charge is -2.14. The summed E-state index contributed by atoms with van der Waals surface area (Å²) in [7, 11) is 1.51. The molecule has 1 aliphatic heterocycles. The fourth-order valence-electron chi connectivity index (χ4n) is 2.27. The Kier molecular flexibility index (Phi) is 3.68. The predicted octanol–water partition coefficient (Wildman–Crippen LogP) is 0.861. The molecule has 8 heteroatoms. The summed E-state index contributed by atoms with van der Waals surface area (Å²) >= 11 is 0. The smallest absolute Gasteiger partial charge is 0.326 e. The van der Waals surface area contributed by atoms with E-state index in [4.69, 9.17) is 14.2 Å². The van der Waals surface area contributed by atoms with Crippen LogP contribution in [0.5, 0.6) is 11.5 Å². The van der Waals surface area contributed by atoms with Crippen LogP contribution in [0.25, 0.3) is 0 Å². The van der Waals surface area contributed by atoms with Crippen LogP contribution in [-0.4, -0.2) is 23.7 Å². The van der Waals surface area contributed by atoms with Crippen molar-refractivity contribution >= 4 is 0 Å². The number of hydrogen-bond acceptors (Lipinski definition) is 5. The van der Waals surface area contributed by atoms with Crippen LogP contribution in [0.2, 0.25) is 0 Å². The number of benzene rings is 1. The van der Waals surface area contributed by atoms with Gasteiger partial charge in [-0.05, 0) is 6.07 Å². The van der Waals surface area contributed by atoms with E-state index in [2.05, 4.69) is 4.98 Å². The first-order chi connectivity index (χ1) is 10.6. The SMILES string of the molecule is COc1cccc2c1OCC(c1[nH]c(=O)[nH]c(=O)c1F)OC2. The van der Waals surface area contributed by atoms with Gasteiger partial charge in [-0.25, -0.2) is 4.79 Å². The van der Waals surface area contributed by atoms with Crippen molar-refractivity contribution in [3.8, 4) is 11.5 Å². The largest absolute Gasteiger partial charge is 0.493 e. The quantitative estimate of drug-likeness (QED) is 0.858. The lowest BCUT2D eigenvalue weighted by atomic mass is 10.2. The summed E-state index contributed by atoms with van der Waals surface area (Å²) in [4.78, 5) is 26.7. The van der Waals surface area contributed by atoms with E-state index in [1.54, 1.807) is 18.2 Å². The molecule has 7 nitrogen and oxygen atoms in total. The summed E-state index contributed by atoms with van der Waals surface area (Å²) in [5, 5.41) is 0. The van der Waals surface area contributed by atoms with Crippen LogP contribution in [0.3, 0.4) is 0 Å². The topological polar surface area (TPSA) is 93.4 Å². The molecule has 22 heavy (non-hydrogen) atoms. The van der Waals surface area contributed by atoms with Gasteiger partial charge in [0.05, 0.1) is 19.4 Å². The maximum absolute atomic E-state index is 13.9. The van der Waals surface area contributed by atoms with Crippen LogP contribution < -0.4 is 20.7 Å². The molecule has 3 rings (SSSR count). The van der Waals surface area contributed by atoms with Gasteiger partial charge in [-0.1, -0.05) is 12.1 Å².